The van der Waals surface area contributed by atoms with Crippen molar-refractivity contribution in [2.75, 3.05) is 19.7 Å². The molecule has 0 unspecified atom stereocenters. The second-order valence-corrected chi connectivity index (χ2v) is 4.96. The summed E-state index contributed by atoms with van der Waals surface area (Å²) >= 11 is 5.73. The van der Waals surface area contributed by atoms with E-state index in [9.17, 15) is 9.59 Å². The van der Waals surface area contributed by atoms with Crippen molar-refractivity contribution in [1.29, 1.82) is 0 Å². The van der Waals surface area contributed by atoms with E-state index in [2.05, 4.69) is 9.97 Å². The van der Waals surface area contributed by atoms with E-state index in [1.54, 1.807) is 11.8 Å². The van der Waals surface area contributed by atoms with Crippen LogP contribution in [0.5, 0.6) is 0 Å². The number of ether oxygens (including phenoxy) is 1. The minimum Gasteiger partial charge on any atom is -0.466 e. The Kier molecular flexibility index (Phi) is 4.89. The third kappa shape index (κ3) is 3.45. The zero-order valence-electron chi connectivity index (χ0n) is 11.2. The van der Waals surface area contributed by atoms with Crippen LogP contribution in [0.1, 0.15) is 30.3 Å². The summed E-state index contributed by atoms with van der Waals surface area (Å²) in [5.41, 5.74) is 0.196. The molecule has 1 aliphatic rings. The fourth-order valence-electron chi connectivity index (χ4n) is 2.22. The van der Waals surface area contributed by atoms with Crippen molar-refractivity contribution >= 4 is 23.5 Å². The van der Waals surface area contributed by atoms with Crippen LogP contribution in [0.4, 0.5) is 0 Å². The number of carbonyl (C=O) groups is 2. The fraction of sp³-hybridized carbons (Fsp3) is 0.538. The van der Waals surface area contributed by atoms with E-state index in [0.29, 0.717) is 19.7 Å². The summed E-state index contributed by atoms with van der Waals surface area (Å²) in [5, 5.41) is 0.176. The molecule has 1 aliphatic heterocycles. The van der Waals surface area contributed by atoms with Crippen LogP contribution in [0.2, 0.25) is 5.15 Å². The lowest BCUT2D eigenvalue weighted by Crippen LogP contribution is -2.43. The van der Waals surface area contributed by atoms with E-state index in [1.807, 2.05) is 0 Å². The van der Waals surface area contributed by atoms with Crippen molar-refractivity contribution in [1.82, 2.24) is 14.9 Å². The van der Waals surface area contributed by atoms with E-state index in [4.69, 9.17) is 16.3 Å². The smallest absolute Gasteiger partial charge is 0.310 e. The van der Waals surface area contributed by atoms with Gasteiger partial charge in [-0.3, -0.25) is 14.6 Å². The first kappa shape index (κ1) is 14.7. The molecule has 0 radical (unpaired) electrons. The van der Waals surface area contributed by atoms with Gasteiger partial charge in [-0.2, -0.15) is 0 Å². The van der Waals surface area contributed by atoms with Crippen molar-refractivity contribution in [2.24, 2.45) is 5.92 Å². The molecule has 7 heteroatoms. The highest BCUT2D eigenvalue weighted by molar-refractivity contribution is 6.29. The first-order chi connectivity index (χ1) is 9.61. The Hall–Kier alpha value is -1.69. The van der Waals surface area contributed by atoms with Crippen LogP contribution in [0, 0.1) is 5.92 Å². The Morgan fingerprint density at radius 3 is 3.00 bits per heavy atom. The zero-order valence-corrected chi connectivity index (χ0v) is 12.0. The molecule has 108 valence electrons. The van der Waals surface area contributed by atoms with E-state index in [-0.39, 0.29) is 28.6 Å². The van der Waals surface area contributed by atoms with E-state index in [1.165, 1.54) is 12.4 Å². The van der Waals surface area contributed by atoms with E-state index in [0.717, 1.165) is 12.8 Å². The van der Waals surface area contributed by atoms with Crippen LogP contribution < -0.4 is 0 Å². The molecule has 20 heavy (non-hydrogen) atoms. The summed E-state index contributed by atoms with van der Waals surface area (Å²) in [5.74, 6) is -0.768. The normalized spacial score (nSPS) is 18.7. The number of carbonyl (C=O) groups excluding carboxylic acids is 2. The Balaban J connectivity index is 2.05. The second-order valence-electron chi connectivity index (χ2n) is 4.57. The predicted octanol–water partition coefficient (Wildman–Crippen LogP) is 1.55. The lowest BCUT2D eigenvalue weighted by Gasteiger charge is -2.31. The monoisotopic (exact) mass is 297 g/mol. The van der Waals surface area contributed by atoms with Gasteiger partial charge in [0.1, 0.15) is 10.8 Å². The average molecular weight is 298 g/mol. The zero-order chi connectivity index (χ0) is 14.5. The SMILES string of the molecule is CCOC(=O)[C@H]1CCCN(C(=O)c2cncc(Cl)n2)C1. The molecule has 1 aromatic heterocycles. The molecule has 1 fully saturated rings. The third-order valence-electron chi connectivity index (χ3n) is 3.15. The van der Waals surface area contributed by atoms with Gasteiger partial charge in [-0.1, -0.05) is 11.6 Å². The minimum atomic E-state index is -0.264. The summed E-state index contributed by atoms with van der Waals surface area (Å²) < 4.78 is 5.01. The summed E-state index contributed by atoms with van der Waals surface area (Å²) in [4.78, 5) is 33.4. The molecule has 1 saturated heterocycles. The summed E-state index contributed by atoms with van der Waals surface area (Å²) in [6.07, 6.45) is 4.26. The van der Waals surface area contributed by atoms with Crippen molar-refractivity contribution in [3.63, 3.8) is 0 Å². The highest BCUT2D eigenvalue weighted by Gasteiger charge is 2.30. The minimum absolute atomic E-state index is 0.176. The molecule has 2 rings (SSSR count). The highest BCUT2D eigenvalue weighted by Crippen LogP contribution is 2.19. The maximum atomic E-state index is 12.3. The number of esters is 1. The van der Waals surface area contributed by atoms with Crippen molar-refractivity contribution in [3.8, 4) is 0 Å². The average Bonchev–Trinajstić information content (AvgIpc) is 2.47. The lowest BCUT2D eigenvalue weighted by atomic mass is 9.98. The van der Waals surface area contributed by atoms with Crippen LogP contribution in [0.3, 0.4) is 0 Å². The van der Waals surface area contributed by atoms with Crippen LogP contribution in [-0.4, -0.2) is 46.4 Å². The van der Waals surface area contributed by atoms with Gasteiger partial charge in [0.15, 0.2) is 0 Å². The second kappa shape index (κ2) is 6.65. The van der Waals surface area contributed by atoms with Gasteiger partial charge >= 0.3 is 5.97 Å². The van der Waals surface area contributed by atoms with Gasteiger partial charge in [-0.15, -0.1) is 0 Å². The quantitative estimate of drug-likeness (QED) is 0.791. The molecule has 0 aliphatic carbocycles. The standard InChI is InChI=1S/C13H16ClN3O3/c1-2-20-13(19)9-4-3-5-17(8-9)12(18)10-6-15-7-11(14)16-10/h6-7,9H,2-5,8H2,1H3/t9-/m0/s1. The highest BCUT2D eigenvalue weighted by atomic mass is 35.5. The maximum absolute atomic E-state index is 12.3. The molecule has 0 aromatic carbocycles. The molecule has 6 nitrogen and oxygen atoms in total. The van der Waals surface area contributed by atoms with Crippen molar-refractivity contribution < 1.29 is 14.3 Å². The molecule has 1 atom stereocenters. The topological polar surface area (TPSA) is 72.4 Å². The molecule has 1 aromatic rings. The maximum Gasteiger partial charge on any atom is 0.310 e. The Bertz CT molecular complexity index is 509. The molecular formula is C13H16ClN3O3. The Morgan fingerprint density at radius 1 is 1.50 bits per heavy atom. The lowest BCUT2D eigenvalue weighted by molar-refractivity contribution is -0.149. The fourth-order valence-corrected chi connectivity index (χ4v) is 2.37. The Labute approximate surface area is 122 Å². The number of rotatable bonds is 3. The van der Waals surface area contributed by atoms with Crippen LogP contribution in [0.25, 0.3) is 0 Å². The van der Waals surface area contributed by atoms with E-state index < -0.39 is 0 Å². The molecule has 0 bridgehead atoms. The molecule has 1 amide bonds. The van der Waals surface area contributed by atoms with Crippen molar-refractivity contribution in [2.45, 2.75) is 19.8 Å². The number of halogens is 1. The van der Waals surface area contributed by atoms with Gasteiger partial charge in [0.25, 0.3) is 5.91 Å². The van der Waals surface area contributed by atoms with Crippen LogP contribution in [0.15, 0.2) is 12.4 Å². The molecule has 2 heterocycles. The molecule has 0 N–H and O–H groups in total. The number of aromatic nitrogens is 2. The van der Waals surface area contributed by atoms with Crippen LogP contribution >= 0.6 is 11.6 Å². The first-order valence-electron chi connectivity index (χ1n) is 6.55. The number of amides is 1. The Morgan fingerprint density at radius 2 is 2.30 bits per heavy atom. The van der Waals surface area contributed by atoms with Gasteiger partial charge in [0.05, 0.1) is 24.9 Å². The summed E-state index contributed by atoms with van der Waals surface area (Å²) in [6, 6.07) is 0. The number of likely N-dealkylation sites (tertiary alicyclic amines) is 1. The molecule has 0 spiro atoms. The van der Waals surface area contributed by atoms with Crippen LogP contribution in [-0.2, 0) is 9.53 Å². The van der Waals surface area contributed by atoms with E-state index >= 15 is 0 Å². The largest absolute Gasteiger partial charge is 0.466 e. The van der Waals surface area contributed by atoms with Gasteiger partial charge in [-0.25, -0.2) is 4.98 Å². The van der Waals surface area contributed by atoms with Gasteiger partial charge in [0.2, 0.25) is 0 Å². The summed E-state index contributed by atoms with van der Waals surface area (Å²) in [6.45, 7) is 3.07. The number of piperidine rings is 1. The molecular weight excluding hydrogens is 282 g/mol. The number of nitrogens with zero attached hydrogens (tertiary/aromatic N) is 3. The predicted molar refractivity (Wildman–Crippen MR) is 72.3 cm³/mol. The number of hydrogen-bond acceptors (Lipinski definition) is 5. The summed E-state index contributed by atoms with van der Waals surface area (Å²) in [7, 11) is 0. The van der Waals surface area contributed by atoms with Gasteiger partial charge in [0, 0.05) is 13.1 Å². The molecule has 0 saturated carbocycles. The number of hydrogen-bond donors (Lipinski definition) is 0. The third-order valence-corrected chi connectivity index (χ3v) is 3.33. The van der Waals surface area contributed by atoms with Gasteiger partial charge in [-0.05, 0) is 19.8 Å². The first-order valence-corrected chi connectivity index (χ1v) is 6.93. The van der Waals surface area contributed by atoms with Gasteiger partial charge < -0.3 is 9.64 Å². The van der Waals surface area contributed by atoms with Crippen molar-refractivity contribution in [3.05, 3.63) is 23.2 Å².